The summed E-state index contributed by atoms with van der Waals surface area (Å²) in [6.45, 7) is 4.43. The van der Waals surface area contributed by atoms with E-state index in [1.165, 1.54) is 24.3 Å². The van der Waals surface area contributed by atoms with Gasteiger partial charge in [-0.1, -0.05) is 19.1 Å². The summed E-state index contributed by atoms with van der Waals surface area (Å²) in [4.78, 5) is 14.7. The fourth-order valence-electron chi connectivity index (χ4n) is 3.01. The highest BCUT2D eigenvalue weighted by molar-refractivity contribution is 7.90. The van der Waals surface area contributed by atoms with Crippen LogP contribution in [0.3, 0.4) is 0 Å². The summed E-state index contributed by atoms with van der Waals surface area (Å²) < 4.78 is 47.5. The second-order valence-corrected chi connectivity index (χ2v) is 8.22. The van der Waals surface area contributed by atoms with Gasteiger partial charge in [0.1, 0.15) is 0 Å². The number of nitrogens with zero attached hydrogens (tertiary/aromatic N) is 1. The average molecular weight is 374 g/mol. The SMILES string of the molecule is CCCN(C(=O)c1ccc(CS(=O)(=O)C(F)F)cc1)C1CCNCC1. The Bertz CT molecular complexity index is 672. The van der Waals surface area contributed by atoms with E-state index in [0.29, 0.717) is 12.1 Å². The van der Waals surface area contributed by atoms with Crippen LogP contribution in [-0.4, -0.2) is 50.7 Å². The summed E-state index contributed by atoms with van der Waals surface area (Å²) >= 11 is 0. The largest absolute Gasteiger partial charge is 0.337 e. The van der Waals surface area contributed by atoms with Gasteiger partial charge in [-0.15, -0.1) is 0 Å². The first-order valence-electron chi connectivity index (χ1n) is 8.45. The molecule has 1 aliphatic rings. The third-order valence-electron chi connectivity index (χ3n) is 4.32. The molecule has 1 N–H and O–H groups in total. The summed E-state index contributed by atoms with van der Waals surface area (Å²) in [5, 5.41) is 3.27. The lowest BCUT2D eigenvalue weighted by Crippen LogP contribution is -2.46. The fraction of sp³-hybridized carbons (Fsp3) is 0.588. The maximum Gasteiger partial charge on any atom is 0.337 e. The quantitative estimate of drug-likeness (QED) is 0.796. The Hall–Kier alpha value is -1.54. The van der Waals surface area contributed by atoms with Crippen molar-refractivity contribution in [3.63, 3.8) is 0 Å². The Morgan fingerprint density at radius 2 is 1.84 bits per heavy atom. The molecule has 0 spiro atoms. The summed E-state index contributed by atoms with van der Waals surface area (Å²) in [6.07, 6.45) is 2.65. The summed E-state index contributed by atoms with van der Waals surface area (Å²) in [5.74, 6) is -4.22. The normalized spacial score (nSPS) is 16.2. The Morgan fingerprint density at radius 1 is 1.24 bits per heavy atom. The molecule has 0 aliphatic carbocycles. The van der Waals surface area contributed by atoms with Crippen molar-refractivity contribution >= 4 is 15.7 Å². The van der Waals surface area contributed by atoms with Crippen LogP contribution in [0.15, 0.2) is 24.3 Å². The molecule has 0 saturated carbocycles. The summed E-state index contributed by atoms with van der Waals surface area (Å²) in [5.41, 5.74) is 0.700. The zero-order valence-corrected chi connectivity index (χ0v) is 15.1. The van der Waals surface area contributed by atoms with E-state index in [9.17, 15) is 22.0 Å². The molecular formula is C17H24F2N2O3S. The molecular weight excluding hydrogens is 350 g/mol. The van der Waals surface area contributed by atoms with Crippen LogP contribution in [0.5, 0.6) is 0 Å². The summed E-state index contributed by atoms with van der Waals surface area (Å²) in [6, 6.07) is 6.08. The van der Waals surface area contributed by atoms with Crippen LogP contribution in [0.25, 0.3) is 0 Å². The minimum absolute atomic E-state index is 0.1000. The molecule has 1 fully saturated rings. The molecule has 0 aromatic heterocycles. The zero-order chi connectivity index (χ0) is 18.4. The van der Waals surface area contributed by atoms with Crippen molar-refractivity contribution in [2.24, 2.45) is 0 Å². The summed E-state index contributed by atoms with van der Waals surface area (Å²) in [7, 11) is -4.46. The van der Waals surface area contributed by atoms with Crippen LogP contribution in [0, 0.1) is 0 Å². The van der Waals surface area contributed by atoms with Gasteiger partial charge < -0.3 is 10.2 Å². The molecule has 1 saturated heterocycles. The molecule has 1 aromatic carbocycles. The number of amides is 1. The van der Waals surface area contributed by atoms with Crippen LogP contribution in [0.4, 0.5) is 8.78 Å². The predicted molar refractivity (Wildman–Crippen MR) is 92.3 cm³/mol. The highest BCUT2D eigenvalue weighted by atomic mass is 32.2. The van der Waals surface area contributed by atoms with Gasteiger partial charge in [0.05, 0.1) is 5.75 Å². The first-order chi connectivity index (χ1) is 11.8. The van der Waals surface area contributed by atoms with Crippen LogP contribution in [-0.2, 0) is 15.6 Å². The first-order valence-corrected chi connectivity index (χ1v) is 10.2. The standard InChI is InChI=1S/C17H24F2N2O3S/c1-2-11-21(15-7-9-20-10-8-15)16(22)14-5-3-13(4-6-14)12-25(23,24)17(18)19/h3-6,15,17,20H,2,7-12H2,1H3. The van der Waals surface area contributed by atoms with E-state index < -0.39 is 21.3 Å². The van der Waals surface area contributed by atoms with E-state index in [1.54, 1.807) is 0 Å². The Morgan fingerprint density at radius 3 is 2.36 bits per heavy atom. The molecule has 1 aromatic rings. The highest BCUT2D eigenvalue weighted by Crippen LogP contribution is 2.18. The van der Waals surface area contributed by atoms with E-state index in [0.717, 1.165) is 32.4 Å². The Balaban J connectivity index is 2.12. The molecule has 1 aliphatic heterocycles. The molecule has 0 bridgehead atoms. The number of carbonyl (C=O) groups is 1. The number of carbonyl (C=O) groups excluding carboxylic acids is 1. The minimum Gasteiger partial charge on any atom is -0.336 e. The lowest BCUT2D eigenvalue weighted by atomic mass is 10.0. The Labute approximate surface area is 147 Å². The number of hydrogen-bond acceptors (Lipinski definition) is 4. The maximum atomic E-state index is 12.8. The number of benzene rings is 1. The molecule has 1 heterocycles. The van der Waals surface area contributed by atoms with E-state index in [-0.39, 0.29) is 17.5 Å². The molecule has 0 radical (unpaired) electrons. The van der Waals surface area contributed by atoms with Gasteiger partial charge in [0, 0.05) is 18.2 Å². The Kier molecular flexibility index (Phi) is 6.89. The van der Waals surface area contributed by atoms with Gasteiger partial charge in [0.2, 0.25) is 9.84 Å². The van der Waals surface area contributed by atoms with E-state index >= 15 is 0 Å². The molecule has 0 unspecified atom stereocenters. The molecule has 2 rings (SSSR count). The second-order valence-electron chi connectivity index (χ2n) is 6.24. The molecule has 0 atom stereocenters. The molecule has 140 valence electrons. The van der Waals surface area contributed by atoms with Crippen LogP contribution in [0.2, 0.25) is 0 Å². The van der Waals surface area contributed by atoms with Gasteiger partial charge in [-0.3, -0.25) is 4.79 Å². The maximum absolute atomic E-state index is 12.8. The van der Waals surface area contributed by atoms with Gasteiger partial charge in [-0.05, 0) is 50.0 Å². The van der Waals surface area contributed by atoms with Gasteiger partial charge in [0.25, 0.3) is 5.91 Å². The second kappa shape index (κ2) is 8.71. The molecule has 5 nitrogen and oxygen atoms in total. The van der Waals surface area contributed by atoms with Crippen LogP contribution >= 0.6 is 0 Å². The lowest BCUT2D eigenvalue weighted by Gasteiger charge is -2.34. The molecule has 25 heavy (non-hydrogen) atoms. The average Bonchev–Trinajstić information content (AvgIpc) is 2.60. The van der Waals surface area contributed by atoms with Crippen LogP contribution < -0.4 is 5.32 Å². The van der Waals surface area contributed by atoms with Crippen molar-refractivity contribution < 1.29 is 22.0 Å². The van der Waals surface area contributed by atoms with Crippen molar-refractivity contribution in [2.75, 3.05) is 19.6 Å². The van der Waals surface area contributed by atoms with Gasteiger partial charge in [0.15, 0.2) is 0 Å². The number of piperidine rings is 1. The van der Waals surface area contributed by atoms with Crippen molar-refractivity contribution in [1.82, 2.24) is 10.2 Å². The van der Waals surface area contributed by atoms with E-state index in [1.807, 2.05) is 11.8 Å². The topological polar surface area (TPSA) is 66.5 Å². The number of alkyl halides is 2. The van der Waals surface area contributed by atoms with E-state index in [4.69, 9.17) is 0 Å². The smallest absolute Gasteiger partial charge is 0.336 e. The van der Waals surface area contributed by atoms with Crippen molar-refractivity contribution in [3.05, 3.63) is 35.4 Å². The van der Waals surface area contributed by atoms with Gasteiger partial charge in [-0.25, -0.2) is 8.42 Å². The number of rotatable bonds is 7. The number of hydrogen-bond donors (Lipinski definition) is 1. The molecule has 8 heteroatoms. The fourth-order valence-corrected chi connectivity index (χ4v) is 3.80. The van der Waals surface area contributed by atoms with Crippen molar-refractivity contribution in [3.8, 4) is 0 Å². The van der Waals surface area contributed by atoms with Gasteiger partial charge in [-0.2, -0.15) is 8.78 Å². The third kappa shape index (κ3) is 5.22. The predicted octanol–water partition coefficient (Wildman–Crippen LogP) is 2.43. The zero-order valence-electron chi connectivity index (χ0n) is 14.2. The van der Waals surface area contributed by atoms with E-state index in [2.05, 4.69) is 5.32 Å². The minimum atomic E-state index is -4.46. The highest BCUT2D eigenvalue weighted by Gasteiger charge is 2.26. The van der Waals surface area contributed by atoms with Crippen molar-refractivity contribution in [1.29, 1.82) is 0 Å². The first kappa shape index (κ1) is 19.8. The van der Waals surface area contributed by atoms with Gasteiger partial charge >= 0.3 is 5.76 Å². The van der Waals surface area contributed by atoms with Crippen molar-refractivity contribution in [2.45, 2.75) is 43.7 Å². The number of halogens is 2. The lowest BCUT2D eigenvalue weighted by molar-refractivity contribution is 0.0642. The van der Waals surface area contributed by atoms with Crippen LogP contribution in [0.1, 0.15) is 42.1 Å². The molecule has 1 amide bonds. The monoisotopic (exact) mass is 374 g/mol. The third-order valence-corrected chi connectivity index (χ3v) is 5.59. The number of nitrogens with one attached hydrogen (secondary N) is 1. The number of sulfone groups is 1.